The van der Waals surface area contributed by atoms with E-state index in [-0.39, 0.29) is 0 Å². The Morgan fingerprint density at radius 1 is 0.171 bits per heavy atom. The van der Waals surface area contributed by atoms with Gasteiger partial charge in [0, 0.05) is 88.1 Å². The zero-order valence-electron chi connectivity index (χ0n) is 56.5. The van der Waals surface area contributed by atoms with Gasteiger partial charge in [0.25, 0.3) is 0 Å². The Kier molecular flexibility index (Phi) is 15.7. The number of fused-ring (bicyclic) bond motifs is 12. The lowest BCUT2D eigenvalue weighted by atomic mass is 9.98. The molecule has 7 aromatic heterocycles. The van der Waals surface area contributed by atoms with Crippen LogP contribution in [-0.4, -0.2) is 29.9 Å². The Morgan fingerprint density at radius 2 is 0.505 bits per heavy atom. The molecule has 0 amide bonds. The SMILES string of the molecule is c1ccc(-c2nc(-c3ccc(-c4ccc5oc6ccccc6c5c4)cc3)cc3ncccc23)cc1.c1ccc(-c2nc(-c3ccccc3)c3cc(-c4ccc5oc6ccccc6c5c4)ccc3n2)cc1.c1ccc(-c2nc(-c3ccccc3)c3ccc(-c4ccc5oc6ccccc6c5c4)cc3n2)cc1. The minimum atomic E-state index is 0.727. The number of aromatic nitrogens is 6. The molecule has 0 aliphatic carbocycles. The summed E-state index contributed by atoms with van der Waals surface area (Å²) in [4.78, 5) is 29.6. The first-order valence-electron chi connectivity index (χ1n) is 35.0. The van der Waals surface area contributed by atoms with Gasteiger partial charge in [-0.1, -0.05) is 261 Å². The number of benzene rings is 14. The van der Waals surface area contributed by atoms with Crippen LogP contribution in [0.1, 0.15) is 0 Å². The maximum atomic E-state index is 6.03. The molecule has 9 heteroatoms. The van der Waals surface area contributed by atoms with Crippen LogP contribution in [0.4, 0.5) is 0 Å². The highest BCUT2D eigenvalue weighted by atomic mass is 16.3. The second-order valence-electron chi connectivity index (χ2n) is 26.0. The minimum Gasteiger partial charge on any atom is -0.456 e. The topological polar surface area (TPSA) is 117 Å². The van der Waals surface area contributed by atoms with E-state index in [0.717, 1.165) is 200 Å². The van der Waals surface area contributed by atoms with Gasteiger partial charge in [0.2, 0.25) is 0 Å². The van der Waals surface area contributed by atoms with Crippen LogP contribution < -0.4 is 0 Å². The number of hydrogen-bond donors (Lipinski definition) is 0. The highest BCUT2D eigenvalue weighted by molar-refractivity contribution is 6.09. The smallest absolute Gasteiger partial charge is 0.160 e. The lowest BCUT2D eigenvalue weighted by Gasteiger charge is -2.11. The first-order chi connectivity index (χ1) is 52.0. The van der Waals surface area contributed by atoms with E-state index in [1.165, 1.54) is 0 Å². The van der Waals surface area contributed by atoms with Gasteiger partial charge in [0.15, 0.2) is 11.6 Å². The molecule has 0 spiro atoms. The predicted octanol–water partition coefficient (Wildman–Crippen LogP) is 25.6. The van der Waals surface area contributed by atoms with Crippen molar-refractivity contribution in [1.29, 1.82) is 0 Å². The van der Waals surface area contributed by atoms with Crippen LogP contribution in [-0.2, 0) is 0 Å². The fraction of sp³-hybridized carbons (Fsp3) is 0. The average molecular weight is 1350 g/mol. The van der Waals surface area contributed by atoms with Gasteiger partial charge >= 0.3 is 0 Å². The number of hydrogen-bond acceptors (Lipinski definition) is 9. The van der Waals surface area contributed by atoms with E-state index in [0.29, 0.717) is 0 Å². The summed E-state index contributed by atoms with van der Waals surface area (Å²) in [5.74, 6) is 1.46. The number of para-hydroxylation sites is 3. The molecule has 105 heavy (non-hydrogen) atoms. The molecule has 14 aromatic carbocycles. The first kappa shape index (κ1) is 61.8. The molecule has 0 aliphatic rings. The van der Waals surface area contributed by atoms with Gasteiger partial charge in [0.1, 0.15) is 33.5 Å². The zero-order chi connectivity index (χ0) is 69.6. The van der Waals surface area contributed by atoms with Crippen LogP contribution in [0.15, 0.2) is 377 Å². The van der Waals surface area contributed by atoms with Gasteiger partial charge in [0.05, 0.1) is 39.3 Å². The standard InChI is InChI=1S/3C32H20N2O/c1-3-9-21(10-4-1)31-26-17-15-24(20-28(26)33-32(34-31)22-11-5-2-6-12-22)23-16-18-30-27(19-23)25-13-7-8-14-29(25)35-30;1-3-9-21(10-4-1)31-27-20-23(15-17-28(27)33-32(34-31)22-11-5-2-6-12-22)24-16-18-30-26(19-24)25-13-7-8-14-29(25)35-30;1-2-7-23(8-3-1)32-26-10-6-18-33-29(26)20-28(34-32)22-14-12-21(13-15-22)24-16-17-31-27(19-24)25-9-4-5-11-30(25)35-31/h3*1-20H. The molecule has 7 heterocycles. The lowest BCUT2D eigenvalue weighted by molar-refractivity contribution is 0.668. The summed E-state index contributed by atoms with van der Waals surface area (Å²) >= 11 is 0. The van der Waals surface area contributed by atoms with Crippen molar-refractivity contribution in [3.05, 3.63) is 364 Å². The Balaban J connectivity index is 0.000000108. The second-order valence-corrected chi connectivity index (χ2v) is 26.0. The van der Waals surface area contributed by atoms with E-state index in [2.05, 4.69) is 211 Å². The summed E-state index contributed by atoms with van der Waals surface area (Å²) in [6, 6.07) is 123. The van der Waals surface area contributed by atoms with Crippen molar-refractivity contribution in [1.82, 2.24) is 29.9 Å². The van der Waals surface area contributed by atoms with Crippen molar-refractivity contribution < 1.29 is 13.3 Å². The van der Waals surface area contributed by atoms with E-state index in [4.69, 9.17) is 38.2 Å². The van der Waals surface area contributed by atoms with Crippen LogP contribution in [0.3, 0.4) is 0 Å². The van der Waals surface area contributed by atoms with Crippen LogP contribution in [0.25, 0.3) is 200 Å². The highest BCUT2D eigenvalue weighted by Gasteiger charge is 2.19. The van der Waals surface area contributed by atoms with Gasteiger partial charge in [-0.2, -0.15) is 0 Å². The molecule has 0 atom stereocenters. The van der Waals surface area contributed by atoms with Crippen molar-refractivity contribution in [2.75, 3.05) is 0 Å². The third-order valence-corrected chi connectivity index (χ3v) is 19.5. The molecule has 0 saturated heterocycles. The molecule has 0 unspecified atom stereocenters. The van der Waals surface area contributed by atoms with E-state index in [1.54, 1.807) is 0 Å². The molecule has 21 rings (SSSR count). The van der Waals surface area contributed by atoms with E-state index < -0.39 is 0 Å². The summed E-state index contributed by atoms with van der Waals surface area (Å²) in [6.45, 7) is 0. The van der Waals surface area contributed by atoms with Gasteiger partial charge in [-0.05, 0) is 130 Å². The molecule has 0 saturated carbocycles. The van der Waals surface area contributed by atoms with Crippen LogP contribution in [0, 0.1) is 0 Å². The number of rotatable bonds is 9. The molecule has 0 bridgehead atoms. The summed E-state index contributed by atoms with van der Waals surface area (Å²) in [6.07, 6.45) is 1.83. The Hall–Kier alpha value is -14.3. The summed E-state index contributed by atoms with van der Waals surface area (Å²) < 4.78 is 18.0. The Morgan fingerprint density at radius 3 is 0.990 bits per heavy atom. The van der Waals surface area contributed by atoms with Gasteiger partial charge in [-0.25, -0.2) is 24.9 Å². The largest absolute Gasteiger partial charge is 0.456 e. The summed E-state index contributed by atoms with van der Waals surface area (Å²) in [5, 5.41) is 9.91. The van der Waals surface area contributed by atoms with Crippen LogP contribution >= 0.6 is 0 Å². The molecule has 0 N–H and O–H groups in total. The van der Waals surface area contributed by atoms with Gasteiger partial charge < -0.3 is 13.3 Å². The van der Waals surface area contributed by atoms with Crippen LogP contribution in [0.5, 0.6) is 0 Å². The molecule has 9 nitrogen and oxygen atoms in total. The van der Waals surface area contributed by atoms with E-state index >= 15 is 0 Å². The van der Waals surface area contributed by atoms with Crippen molar-refractivity contribution in [3.63, 3.8) is 0 Å². The third kappa shape index (κ3) is 11.9. The van der Waals surface area contributed by atoms with Gasteiger partial charge in [-0.3, -0.25) is 4.98 Å². The van der Waals surface area contributed by atoms with Crippen LogP contribution in [0.2, 0.25) is 0 Å². The summed E-state index contributed by atoms with van der Waals surface area (Å²) in [7, 11) is 0. The lowest BCUT2D eigenvalue weighted by Crippen LogP contribution is -1.95. The van der Waals surface area contributed by atoms with E-state index in [9.17, 15) is 0 Å². The monoisotopic (exact) mass is 1340 g/mol. The molecular weight excluding hydrogens is 1290 g/mol. The minimum absolute atomic E-state index is 0.727. The maximum Gasteiger partial charge on any atom is 0.160 e. The summed E-state index contributed by atoms with van der Waals surface area (Å²) in [5.41, 5.74) is 25.1. The fourth-order valence-electron chi connectivity index (χ4n) is 14.3. The number of furan rings is 3. The molecule has 0 fully saturated rings. The molecule has 0 radical (unpaired) electrons. The van der Waals surface area contributed by atoms with Crippen molar-refractivity contribution in [2.45, 2.75) is 0 Å². The van der Waals surface area contributed by atoms with Crippen molar-refractivity contribution in [3.8, 4) is 101 Å². The second kappa shape index (κ2) is 26.7. The molecule has 492 valence electrons. The fourth-order valence-corrected chi connectivity index (χ4v) is 14.3. The highest BCUT2D eigenvalue weighted by Crippen LogP contribution is 2.40. The first-order valence-corrected chi connectivity index (χ1v) is 35.0. The molecule has 21 aromatic rings. The third-order valence-electron chi connectivity index (χ3n) is 19.5. The molecular formula is C96H60N6O3. The van der Waals surface area contributed by atoms with Gasteiger partial charge in [-0.15, -0.1) is 0 Å². The van der Waals surface area contributed by atoms with E-state index in [1.807, 2.05) is 158 Å². The number of pyridine rings is 2. The Labute approximate surface area is 603 Å². The maximum absolute atomic E-state index is 6.03. The Bertz CT molecular complexity index is 6820. The van der Waals surface area contributed by atoms with Crippen molar-refractivity contribution in [2.24, 2.45) is 0 Å². The zero-order valence-corrected chi connectivity index (χ0v) is 56.5. The van der Waals surface area contributed by atoms with Crippen molar-refractivity contribution >= 4 is 98.5 Å². The predicted molar refractivity (Wildman–Crippen MR) is 429 cm³/mol. The normalized spacial score (nSPS) is 11.4. The molecule has 0 aliphatic heterocycles. The number of nitrogens with zero attached hydrogens (tertiary/aromatic N) is 6. The average Bonchev–Trinajstić information content (AvgIpc) is 1.76. The quantitative estimate of drug-likeness (QED) is 0.139.